The SMILES string of the molecule is CC(=O)Oc1ccc(C(O/N=C(/C(=O)N[C@@H]2C(=O)N3C(C(=O)O)=C(C=Cc4ccsn4)CS[C@H]23)c2csc(N)n2)C(=O)O)cc1OC(C)=O. The number of hydrogen-bond donors (Lipinski definition) is 4. The van der Waals surface area contributed by atoms with Crippen molar-refractivity contribution in [3.63, 3.8) is 0 Å². The molecule has 1 fully saturated rings. The minimum Gasteiger partial charge on any atom is -0.478 e. The van der Waals surface area contributed by atoms with Crippen molar-refractivity contribution in [2.45, 2.75) is 31.4 Å². The Morgan fingerprint density at radius 1 is 1.10 bits per heavy atom. The Morgan fingerprint density at radius 3 is 2.45 bits per heavy atom. The number of benzene rings is 1. The van der Waals surface area contributed by atoms with Crippen LogP contribution in [0.3, 0.4) is 0 Å². The number of ether oxygens (including phenoxy) is 2. The summed E-state index contributed by atoms with van der Waals surface area (Å²) in [6.07, 6.45) is 1.33. The predicted octanol–water partition coefficient (Wildman–Crippen LogP) is 2.03. The van der Waals surface area contributed by atoms with E-state index in [-0.39, 0.29) is 39.3 Å². The fourth-order valence-electron chi connectivity index (χ4n) is 4.59. The average Bonchev–Trinajstić information content (AvgIpc) is 3.72. The molecule has 1 unspecified atom stereocenters. The lowest BCUT2D eigenvalue weighted by Crippen LogP contribution is -2.71. The van der Waals surface area contributed by atoms with E-state index < -0.39 is 58.9 Å². The Kier molecular flexibility index (Phi) is 10.4. The first-order valence-corrected chi connectivity index (χ1v) is 16.6. The molecule has 0 aliphatic carbocycles. The maximum atomic E-state index is 13.6. The first-order valence-electron chi connectivity index (χ1n) is 13.8. The zero-order valence-electron chi connectivity index (χ0n) is 25.2. The summed E-state index contributed by atoms with van der Waals surface area (Å²) in [7, 11) is 0. The van der Waals surface area contributed by atoms with Gasteiger partial charge in [0.2, 0.25) is 6.10 Å². The number of nitrogens with zero attached hydrogens (tertiary/aromatic N) is 4. The standard InChI is InChI=1S/C29H24N6O11S3/c1-12(36)44-18-6-4-14(9-19(18)45-13(2)37)23(28(42)43)46-33-20(17-11-48-29(30)31-17)24(38)32-21-25(39)35-22(27(40)41)15(10-47-26(21)35)3-5-16-7-8-49-34-16/h3-9,11,21,23,26H,10H2,1-2H3,(H2,30,31)(H,32,38)(H,40,41)(H,42,43)/b5-3?,33-20+/t21-,23?,26-/m1/s1. The molecule has 1 aromatic carbocycles. The number of carboxylic acids is 2. The van der Waals surface area contributed by atoms with E-state index in [0.717, 1.165) is 36.2 Å². The molecule has 3 aromatic rings. The van der Waals surface area contributed by atoms with E-state index in [1.165, 1.54) is 40.8 Å². The third-order valence-corrected chi connectivity index (χ3v) is 9.18. The molecule has 2 amide bonds. The number of aromatic nitrogens is 2. The summed E-state index contributed by atoms with van der Waals surface area (Å²) < 4.78 is 14.2. The number of carboxylic acid groups (broad SMARTS) is 2. The van der Waals surface area contributed by atoms with Crippen molar-refractivity contribution in [3.8, 4) is 11.5 Å². The molecule has 20 heteroatoms. The summed E-state index contributed by atoms with van der Waals surface area (Å²) in [4.78, 5) is 84.8. The number of aliphatic carboxylic acids is 2. The molecule has 254 valence electrons. The molecular formula is C29H24N6O11S3. The Morgan fingerprint density at radius 2 is 1.84 bits per heavy atom. The zero-order chi connectivity index (χ0) is 35.4. The Bertz CT molecular complexity index is 1940. The monoisotopic (exact) mass is 728 g/mol. The van der Waals surface area contributed by atoms with Gasteiger partial charge in [0, 0.05) is 35.9 Å². The highest BCUT2D eigenvalue weighted by atomic mass is 32.2. The Hall–Kier alpha value is -5.60. The van der Waals surface area contributed by atoms with Crippen molar-refractivity contribution in [2.75, 3.05) is 11.5 Å². The second-order valence-corrected chi connectivity index (χ2v) is 12.7. The average molecular weight is 729 g/mol. The highest BCUT2D eigenvalue weighted by Gasteiger charge is 2.54. The fourth-order valence-corrected chi connectivity index (χ4v) is 6.96. The topological polar surface area (TPSA) is 250 Å². The van der Waals surface area contributed by atoms with E-state index >= 15 is 0 Å². The molecule has 4 heterocycles. The first-order chi connectivity index (χ1) is 23.3. The molecule has 2 aromatic heterocycles. The molecule has 0 saturated carbocycles. The number of rotatable bonds is 12. The van der Waals surface area contributed by atoms with Crippen LogP contribution >= 0.6 is 34.6 Å². The van der Waals surface area contributed by atoms with Gasteiger partial charge in [-0.2, -0.15) is 4.37 Å². The molecule has 2 aliphatic rings. The highest BCUT2D eigenvalue weighted by molar-refractivity contribution is 8.00. The number of nitrogens with one attached hydrogen (secondary N) is 1. The largest absolute Gasteiger partial charge is 0.478 e. The van der Waals surface area contributed by atoms with Gasteiger partial charge in [-0.1, -0.05) is 17.3 Å². The van der Waals surface area contributed by atoms with Gasteiger partial charge in [0.05, 0.1) is 5.69 Å². The number of thiazole rings is 1. The predicted molar refractivity (Wildman–Crippen MR) is 174 cm³/mol. The highest BCUT2D eigenvalue weighted by Crippen LogP contribution is 2.41. The second-order valence-electron chi connectivity index (χ2n) is 10.0. The smallest absolute Gasteiger partial charge is 0.352 e. The summed E-state index contributed by atoms with van der Waals surface area (Å²) in [5, 5.41) is 28.6. The minimum atomic E-state index is -1.88. The number of oxime groups is 1. The third-order valence-electron chi connectivity index (χ3n) is 6.63. The van der Waals surface area contributed by atoms with Gasteiger partial charge < -0.3 is 35.6 Å². The van der Waals surface area contributed by atoms with E-state index in [0.29, 0.717) is 11.3 Å². The molecule has 1 saturated heterocycles. The number of fused-ring (bicyclic) bond motifs is 1. The van der Waals surface area contributed by atoms with Gasteiger partial charge in [0.25, 0.3) is 11.8 Å². The van der Waals surface area contributed by atoms with Gasteiger partial charge >= 0.3 is 23.9 Å². The van der Waals surface area contributed by atoms with Gasteiger partial charge in [-0.15, -0.1) is 23.1 Å². The van der Waals surface area contributed by atoms with Gasteiger partial charge in [-0.3, -0.25) is 24.1 Å². The molecule has 49 heavy (non-hydrogen) atoms. The van der Waals surface area contributed by atoms with E-state index in [1.54, 1.807) is 23.6 Å². The van der Waals surface area contributed by atoms with Crippen molar-refractivity contribution < 1.29 is 53.3 Å². The number of carbonyl (C=O) groups is 6. The number of allylic oxidation sites excluding steroid dienone is 1. The quantitative estimate of drug-likeness (QED) is 0.0685. The van der Waals surface area contributed by atoms with Gasteiger partial charge in [0.15, 0.2) is 22.3 Å². The molecule has 5 N–H and O–H groups in total. The Labute approximate surface area is 288 Å². The normalized spacial score (nSPS) is 18.0. The fraction of sp³-hybridized carbons (Fsp3) is 0.207. The van der Waals surface area contributed by atoms with Crippen molar-refractivity contribution in [3.05, 3.63) is 69.3 Å². The molecule has 0 radical (unpaired) electrons. The minimum absolute atomic E-state index is 0.0422. The van der Waals surface area contributed by atoms with Crippen LogP contribution in [0.15, 0.2) is 57.5 Å². The summed E-state index contributed by atoms with van der Waals surface area (Å²) in [6, 6.07) is 4.07. The van der Waals surface area contributed by atoms with Gasteiger partial charge in [-0.05, 0) is 41.4 Å². The van der Waals surface area contributed by atoms with Crippen molar-refractivity contribution in [2.24, 2.45) is 5.16 Å². The number of anilines is 1. The molecule has 5 rings (SSSR count). The lowest BCUT2D eigenvalue weighted by molar-refractivity contribution is -0.151. The number of amides is 2. The van der Waals surface area contributed by atoms with Crippen LogP contribution in [0.5, 0.6) is 11.5 Å². The van der Waals surface area contributed by atoms with E-state index in [1.807, 2.05) is 0 Å². The first kappa shape index (κ1) is 34.7. The van der Waals surface area contributed by atoms with E-state index in [9.17, 15) is 39.0 Å². The maximum absolute atomic E-state index is 13.6. The molecule has 2 aliphatic heterocycles. The summed E-state index contributed by atoms with van der Waals surface area (Å²) >= 11 is 3.40. The molecule has 3 atom stereocenters. The second kappa shape index (κ2) is 14.7. The molecule has 0 bridgehead atoms. The lowest BCUT2D eigenvalue weighted by atomic mass is 10.0. The number of carbonyl (C=O) groups excluding carboxylic acids is 4. The molecule has 17 nitrogen and oxygen atoms in total. The molecular weight excluding hydrogens is 705 g/mol. The number of hydrogen-bond acceptors (Lipinski definition) is 16. The van der Waals surface area contributed by atoms with Crippen LogP contribution in [0.1, 0.15) is 36.9 Å². The van der Waals surface area contributed by atoms with E-state index in [4.69, 9.17) is 20.0 Å². The van der Waals surface area contributed by atoms with E-state index in [2.05, 4.69) is 19.8 Å². The molecule has 0 spiro atoms. The van der Waals surface area contributed by atoms with Crippen LogP contribution < -0.4 is 20.5 Å². The maximum Gasteiger partial charge on any atom is 0.352 e. The van der Waals surface area contributed by atoms with Crippen LogP contribution in [0.25, 0.3) is 6.08 Å². The van der Waals surface area contributed by atoms with Gasteiger partial charge in [0.1, 0.15) is 22.8 Å². The van der Waals surface area contributed by atoms with Crippen molar-refractivity contribution in [1.29, 1.82) is 0 Å². The summed E-state index contributed by atoms with van der Waals surface area (Å²) in [6.45, 7) is 2.20. The van der Waals surface area contributed by atoms with Crippen LogP contribution in [0.4, 0.5) is 5.13 Å². The number of esters is 2. The van der Waals surface area contributed by atoms with Gasteiger partial charge in [-0.25, -0.2) is 14.6 Å². The van der Waals surface area contributed by atoms with Crippen molar-refractivity contribution >= 4 is 87.2 Å². The zero-order valence-corrected chi connectivity index (χ0v) is 27.7. The van der Waals surface area contributed by atoms with Crippen LogP contribution in [-0.2, 0) is 33.6 Å². The van der Waals surface area contributed by atoms with Crippen molar-refractivity contribution in [1.82, 2.24) is 19.6 Å². The summed E-state index contributed by atoms with van der Waals surface area (Å²) in [5.74, 6) is -6.33. The lowest BCUT2D eigenvalue weighted by Gasteiger charge is -2.49. The Balaban J connectivity index is 1.39. The number of nitrogens with two attached hydrogens (primary N) is 1. The number of nitrogen functional groups attached to an aromatic ring is 1. The number of β-lactam (4-membered cyclic amide) rings is 1. The van der Waals surface area contributed by atoms with Crippen LogP contribution in [0.2, 0.25) is 0 Å². The number of thioether (sulfide) groups is 1. The van der Waals surface area contributed by atoms with Crippen LogP contribution in [0, 0.1) is 0 Å². The third kappa shape index (κ3) is 7.77. The summed E-state index contributed by atoms with van der Waals surface area (Å²) in [5.41, 5.74) is 5.77. The van der Waals surface area contributed by atoms with Crippen LogP contribution in [-0.4, -0.2) is 83.0 Å².